The number of benzene rings is 1. The number of aromatic hydroxyl groups is 1. The van der Waals surface area contributed by atoms with E-state index in [9.17, 15) is 19.8 Å². The number of aliphatic carboxylic acids is 1. The number of aliphatic hydroxyl groups is 1. The van der Waals surface area contributed by atoms with Crippen molar-refractivity contribution in [3.05, 3.63) is 29.3 Å². The summed E-state index contributed by atoms with van der Waals surface area (Å²) < 4.78 is 0. The summed E-state index contributed by atoms with van der Waals surface area (Å²) in [5.41, 5.74) is -1.19. The normalized spacial score (nSPS) is 13.7. The van der Waals surface area contributed by atoms with E-state index in [1.54, 1.807) is 6.92 Å². The number of phenolic OH excluding ortho intramolecular Hbond substituents is 1. The van der Waals surface area contributed by atoms with Crippen molar-refractivity contribution in [2.24, 2.45) is 0 Å². The van der Waals surface area contributed by atoms with Gasteiger partial charge in [0.25, 0.3) is 5.91 Å². The quantitative estimate of drug-likeness (QED) is 0.616. The molecular weight excluding hydrogens is 238 g/mol. The van der Waals surface area contributed by atoms with Crippen LogP contribution in [0.4, 0.5) is 0 Å². The van der Waals surface area contributed by atoms with Gasteiger partial charge in [-0.2, -0.15) is 0 Å². The van der Waals surface area contributed by atoms with Crippen molar-refractivity contribution in [2.75, 3.05) is 6.54 Å². The Bertz CT molecular complexity index is 481. The Morgan fingerprint density at radius 3 is 2.50 bits per heavy atom. The Morgan fingerprint density at radius 2 is 2.00 bits per heavy atom. The molecular formula is C12H15NO5. The van der Waals surface area contributed by atoms with Gasteiger partial charge >= 0.3 is 5.97 Å². The molecule has 18 heavy (non-hydrogen) atoms. The van der Waals surface area contributed by atoms with Crippen molar-refractivity contribution < 1.29 is 24.9 Å². The average Bonchev–Trinajstić information content (AvgIpc) is 2.29. The van der Waals surface area contributed by atoms with Crippen molar-refractivity contribution in [1.82, 2.24) is 5.32 Å². The van der Waals surface area contributed by atoms with Crippen LogP contribution in [0.3, 0.4) is 0 Å². The molecule has 98 valence electrons. The predicted molar refractivity (Wildman–Crippen MR) is 63.4 cm³/mol. The van der Waals surface area contributed by atoms with Crippen LogP contribution in [-0.2, 0) is 4.79 Å². The fraction of sp³-hybridized carbons (Fsp3) is 0.333. The first-order valence-corrected chi connectivity index (χ1v) is 5.27. The number of carboxylic acids is 1. The van der Waals surface area contributed by atoms with E-state index >= 15 is 0 Å². The third kappa shape index (κ3) is 3.21. The van der Waals surface area contributed by atoms with E-state index in [0.717, 1.165) is 6.92 Å². The minimum Gasteiger partial charge on any atom is -0.508 e. The van der Waals surface area contributed by atoms with E-state index in [4.69, 9.17) is 5.11 Å². The van der Waals surface area contributed by atoms with Gasteiger partial charge in [0.1, 0.15) is 5.75 Å². The van der Waals surface area contributed by atoms with E-state index in [1.807, 2.05) is 0 Å². The topological polar surface area (TPSA) is 107 Å². The lowest BCUT2D eigenvalue weighted by molar-refractivity contribution is -0.155. The molecule has 1 amide bonds. The molecule has 0 aliphatic carbocycles. The van der Waals surface area contributed by atoms with Gasteiger partial charge in [-0.15, -0.1) is 0 Å². The summed E-state index contributed by atoms with van der Waals surface area (Å²) in [7, 11) is 0. The van der Waals surface area contributed by atoms with Crippen LogP contribution in [-0.4, -0.2) is 39.3 Å². The molecule has 0 fully saturated rings. The van der Waals surface area contributed by atoms with Crippen LogP contribution >= 0.6 is 0 Å². The minimum absolute atomic E-state index is 0.0732. The first kappa shape index (κ1) is 14.0. The lowest BCUT2D eigenvalue weighted by atomic mass is 10.1. The van der Waals surface area contributed by atoms with Crippen LogP contribution in [0.15, 0.2) is 18.2 Å². The zero-order valence-corrected chi connectivity index (χ0v) is 10.1. The van der Waals surface area contributed by atoms with Gasteiger partial charge in [0.2, 0.25) is 0 Å². The highest BCUT2D eigenvalue weighted by Gasteiger charge is 2.30. The van der Waals surface area contributed by atoms with Crippen LogP contribution in [0.1, 0.15) is 22.8 Å². The van der Waals surface area contributed by atoms with Crippen molar-refractivity contribution >= 4 is 11.9 Å². The second-order valence-corrected chi connectivity index (χ2v) is 4.26. The third-order valence-corrected chi connectivity index (χ3v) is 2.51. The standard InChI is InChI=1S/C12H15NO5/c1-7-5-8(3-4-9(7)14)10(15)13-6-12(2,18)11(16)17/h3-5,14,18H,6H2,1-2H3,(H,13,15)(H,16,17). The fourth-order valence-corrected chi connectivity index (χ4v) is 1.23. The van der Waals surface area contributed by atoms with E-state index in [0.29, 0.717) is 5.56 Å². The number of nitrogens with one attached hydrogen (secondary N) is 1. The molecule has 4 N–H and O–H groups in total. The molecule has 0 saturated carbocycles. The molecule has 0 heterocycles. The number of aryl methyl sites for hydroxylation is 1. The summed E-state index contributed by atoms with van der Waals surface area (Å²) in [5.74, 6) is -1.85. The first-order valence-electron chi connectivity index (χ1n) is 5.27. The molecule has 0 aliphatic rings. The molecule has 1 unspecified atom stereocenters. The van der Waals surface area contributed by atoms with Crippen LogP contribution < -0.4 is 5.32 Å². The van der Waals surface area contributed by atoms with Crippen LogP contribution in [0.25, 0.3) is 0 Å². The van der Waals surface area contributed by atoms with Crippen molar-refractivity contribution in [1.29, 1.82) is 0 Å². The minimum atomic E-state index is -2.01. The van der Waals surface area contributed by atoms with E-state index in [1.165, 1.54) is 18.2 Å². The van der Waals surface area contributed by atoms with Gasteiger partial charge in [-0.3, -0.25) is 4.79 Å². The highest BCUT2D eigenvalue weighted by Crippen LogP contribution is 2.16. The Labute approximate surface area is 104 Å². The van der Waals surface area contributed by atoms with Crippen molar-refractivity contribution in [3.8, 4) is 5.75 Å². The summed E-state index contributed by atoms with van der Waals surface area (Å²) in [4.78, 5) is 22.3. The molecule has 0 aliphatic heterocycles. The Morgan fingerprint density at radius 1 is 1.39 bits per heavy atom. The zero-order chi connectivity index (χ0) is 13.9. The molecule has 0 saturated heterocycles. The molecule has 6 nitrogen and oxygen atoms in total. The van der Waals surface area contributed by atoms with Crippen LogP contribution in [0.5, 0.6) is 5.75 Å². The summed E-state index contributed by atoms with van der Waals surface area (Å²) in [6, 6.07) is 4.26. The molecule has 0 radical (unpaired) electrons. The van der Waals surface area contributed by atoms with Gasteiger partial charge in [0.05, 0.1) is 6.54 Å². The number of phenols is 1. The molecule has 0 bridgehead atoms. The maximum atomic E-state index is 11.7. The Balaban J connectivity index is 2.72. The van der Waals surface area contributed by atoms with Gasteiger partial charge < -0.3 is 20.6 Å². The molecule has 1 aromatic rings. The SMILES string of the molecule is Cc1cc(C(=O)NCC(C)(O)C(=O)O)ccc1O. The number of amides is 1. The average molecular weight is 253 g/mol. The van der Waals surface area contributed by atoms with E-state index in [2.05, 4.69) is 5.32 Å². The lowest BCUT2D eigenvalue weighted by Gasteiger charge is -2.18. The molecule has 0 aromatic heterocycles. The maximum Gasteiger partial charge on any atom is 0.337 e. The molecule has 1 atom stereocenters. The van der Waals surface area contributed by atoms with Crippen LogP contribution in [0.2, 0.25) is 0 Å². The lowest BCUT2D eigenvalue weighted by Crippen LogP contribution is -2.46. The molecule has 1 aromatic carbocycles. The monoisotopic (exact) mass is 253 g/mol. The number of rotatable bonds is 4. The predicted octanol–water partition coefficient (Wildman–Crippen LogP) is 0.266. The highest BCUT2D eigenvalue weighted by molar-refractivity contribution is 5.95. The molecule has 0 spiro atoms. The number of hydrogen-bond acceptors (Lipinski definition) is 4. The number of hydrogen-bond donors (Lipinski definition) is 4. The zero-order valence-electron chi connectivity index (χ0n) is 10.1. The highest BCUT2D eigenvalue weighted by atomic mass is 16.4. The van der Waals surface area contributed by atoms with E-state index < -0.39 is 24.0 Å². The first-order chi connectivity index (χ1) is 8.24. The van der Waals surface area contributed by atoms with Crippen molar-refractivity contribution in [3.63, 3.8) is 0 Å². The largest absolute Gasteiger partial charge is 0.508 e. The summed E-state index contributed by atoms with van der Waals surface area (Å²) in [6.07, 6.45) is 0. The molecule has 1 rings (SSSR count). The van der Waals surface area contributed by atoms with Gasteiger partial charge in [-0.25, -0.2) is 4.79 Å². The van der Waals surface area contributed by atoms with E-state index in [-0.39, 0.29) is 11.3 Å². The summed E-state index contributed by atoms with van der Waals surface area (Å²) >= 11 is 0. The van der Waals surface area contributed by atoms with Gasteiger partial charge in [0.15, 0.2) is 5.60 Å². The van der Waals surface area contributed by atoms with Gasteiger partial charge in [-0.05, 0) is 37.6 Å². The maximum absolute atomic E-state index is 11.7. The smallest absolute Gasteiger partial charge is 0.337 e. The Kier molecular flexibility index (Phi) is 3.93. The van der Waals surface area contributed by atoms with Gasteiger partial charge in [0, 0.05) is 5.56 Å². The Hall–Kier alpha value is -2.08. The second-order valence-electron chi connectivity index (χ2n) is 4.26. The third-order valence-electron chi connectivity index (χ3n) is 2.51. The van der Waals surface area contributed by atoms with Crippen LogP contribution in [0, 0.1) is 6.92 Å². The van der Waals surface area contributed by atoms with Gasteiger partial charge in [-0.1, -0.05) is 0 Å². The fourth-order valence-electron chi connectivity index (χ4n) is 1.23. The summed E-state index contributed by atoms with van der Waals surface area (Å²) in [5, 5.41) is 29.7. The number of carbonyl (C=O) groups excluding carboxylic acids is 1. The second kappa shape index (κ2) is 5.05. The van der Waals surface area contributed by atoms with Crippen molar-refractivity contribution in [2.45, 2.75) is 19.4 Å². The number of carboxylic acid groups (broad SMARTS) is 1. The number of carbonyl (C=O) groups is 2. The molecule has 6 heteroatoms. The summed E-state index contributed by atoms with van der Waals surface area (Å²) in [6.45, 7) is 2.33.